The molecule has 4 aromatic rings. The summed E-state index contributed by atoms with van der Waals surface area (Å²) in [6.45, 7) is 9.52. The van der Waals surface area contributed by atoms with Gasteiger partial charge in [0.15, 0.2) is 5.82 Å². The summed E-state index contributed by atoms with van der Waals surface area (Å²) in [6, 6.07) is 7.23. The number of nitrogen functional groups attached to an aromatic ring is 1. The molecule has 14 heteroatoms. The number of carbonyl (C=O) groups is 1. The Balaban J connectivity index is 1.29. The molecule has 1 unspecified atom stereocenters. The maximum absolute atomic E-state index is 16.8. The Hall–Kier alpha value is -4.42. The summed E-state index contributed by atoms with van der Waals surface area (Å²) in [7, 11) is 0. The van der Waals surface area contributed by atoms with Gasteiger partial charge >= 0.3 is 6.01 Å². The number of hydrogen-bond donors (Lipinski definition) is 2. The number of ether oxygens (including phenoxy) is 3. The summed E-state index contributed by atoms with van der Waals surface area (Å²) in [5, 5.41) is 14.1. The summed E-state index contributed by atoms with van der Waals surface area (Å²) >= 11 is 1.27. The van der Waals surface area contributed by atoms with Gasteiger partial charge in [-0.25, -0.2) is 4.39 Å². The van der Waals surface area contributed by atoms with Gasteiger partial charge in [0, 0.05) is 60.0 Å². The van der Waals surface area contributed by atoms with Crippen LogP contribution in [0.5, 0.6) is 6.01 Å². The van der Waals surface area contributed by atoms with Crippen LogP contribution in [0.15, 0.2) is 37.1 Å². The van der Waals surface area contributed by atoms with Gasteiger partial charge in [-0.3, -0.25) is 14.7 Å². The molecule has 2 aliphatic heterocycles. The average Bonchev–Trinajstić information content (AvgIpc) is 3.82. The van der Waals surface area contributed by atoms with E-state index in [1.165, 1.54) is 17.4 Å². The topological polar surface area (TPSA) is 152 Å². The van der Waals surface area contributed by atoms with Gasteiger partial charge in [0.2, 0.25) is 5.91 Å². The number of nitriles is 1. The summed E-state index contributed by atoms with van der Waals surface area (Å²) in [4.78, 5) is 30.5. The lowest BCUT2D eigenvalue weighted by atomic mass is 10.0. The van der Waals surface area contributed by atoms with Crippen LogP contribution in [0, 0.1) is 22.6 Å². The van der Waals surface area contributed by atoms with E-state index in [4.69, 9.17) is 24.9 Å². The van der Waals surface area contributed by atoms with E-state index < -0.39 is 5.82 Å². The number of nitrogens with one attached hydrogen (secondary N) is 1. The summed E-state index contributed by atoms with van der Waals surface area (Å²) in [5.74, 6) is -0.543. The third kappa shape index (κ3) is 6.31. The second-order valence-electron chi connectivity index (χ2n) is 12.3. The number of nitrogens with zero attached hydrogens (tertiary/aromatic N) is 6. The fraction of sp³-hybridized carbons (Fsp3) is 0.424. The number of fused-ring (bicyclic) bond motifs is 2. The molecular weight excluding hydrogens is 623 g/mol. The zero-order valence-corrected chi connectivity index (χ0v) is 26.7. The SMILES string of the molecule is C=CC(=O)NC1COCCN(c2nc(OCC3(CN4CCOCC4)CC3)nc3c(F)c(-c4cccc5sc(N)c(C#N)c45)ncc23)C1. The molecular formula is C33H35FN8O4S. The molecule has 0 bridgehead atoms. The number of benzene rings is 1. The van der Waals surface area contributed by atoms with Crippen molar-refractivity contribution in [1.82, 2.24) is 25.2 Å². The van der Waals surface area contributed by atoms with Crippen molar-refractivity contribution in [3.8, 4) is 23.3 Å². The Morgan fingerprint density at radius 2 is 2.06 bits per heavy atom. The molecule has 244 valence electrons. The lowest BCUT2D eigenvalue weighted by molar-refractivity contribution is -0.117. The molecule has 1 atom stereocenters. The normalized spacial score (nSPS) is 19.7. The molecule has 3 N–H and O–H groups in total. The van der Waals surface area contributed by atoms with Crippen LogP contribution < -0.4 is 20.7 Å². The van der Waals surface area contributed by atoms with Gasteiger partial charge < -0.3 is 30.2 Å². The minimum atomic E-state index is -0.658. The third-order valence-corrected chi connectivity index (χ3v) is 9.96. The van der Waals surface area contributed by atoms with E-state index >= 15 is 4.39 Å². The quantitative estimate of drug-likeness (QED) is 0.254. The molecule has 3 fully saturated rings. The number of rotatable bonds is 9. The Morgan fingerprint density at radius 3 is 2.83 bits per heavy atom. The van der Waals surface area contributed by atoms with Crippen molar-refractivity contribution in [3.63, 3.8) is 0 Å². The molecule has 47 heavy (non-hydrogen) atoms. The number of nitrogens with two attached hydrogens (primary N) is 1. The Morgan fingerprint density at radius 1 is 1.26 bits per heavy atom. The number of aromatic nitrogens is 3. The summed E-state index contributed by atoms with van der Waals surface area (Å²) < 4.78 is 35.1. The highest BCUT2D eigenvalue weighted by Crippen LogP contribution is 2.47. The van der Waals surface area contributed by atoms with E-state index in [0.717, 1.165) is 50.4 Å². The fourth-order valence-electron chi connectivity index (χ4n) is 6.32. The van der Waals surface area contributed by atoms with Crippen molar-refractivity contribution in [2.24, 2.45) is 5.41 Å². The first-order valence-electron chi connectivity index (χ1n) is 15.6. The lowest BCUT2D eigenvalue weighted by Crippen LogP contribution is -2.44. The van der Waals surface area contributed by atoms with Gasteiger partial charge in [0.25, 0.3) is 0 Å². The van der Waals surface area contributed by atoms with E-state index in [-0.39, 0.29) is 34.6 Å². The van der Waals surface area contributed by atoms with Crippen LogP contribution >= 0.6 is 11.3 Å². The highest BCUT2D eigenvalue weighted by Gasteiger charge is 2.45. The Bertz CT molecular complexity index is 1880. The average molecular weight is 659 g/mol. The predicted octanol–water partition coefficient (Wildman–Crippen LogP) is 3.50. The minimum absolute atomic E-state index is 0.0174. The molecule has 3 aliphatic rings. The van der Waals surface area contributed by atoms with Gasteiger partial charge in [0.1, 0.15) is 28.1 Å². The number of morpholine rings is 1. The first-order chi connectivity index (χ1) is 22.9. The first-order valence-corrected chi connectivity index (χ1v) is 16.5. The van der Waals surface area contributed by atoms with Crippen molar-refractivity contribution in [3.05, 3.63) is 48.4 Å². The Kier molecular flexibility index (Phi) is 8.63. The van der Waals surface area contributed by atoms with Crippen LogP contribution in [0.4, 0.5) is 15.2 Å². The maximum atomic E-state index is 16.8. The maximum Gasteiger partial charge on any atom is 0.319 e. The molecule has 5 heterocycles. The number of hydrogen-bond acceptors (Lipinski definition) is 12. The van der Waals surface area contributed by atoms with Gasteiger partial charge in [-0.2, -0.15) is 15.2 Å². The summed E-state index contributed by atoms with van der Waals surface area (Å²) in [5.41, 5.74) is 6.97. The zero-order valence-electron chi connectivity index (χ0n) is 25.8. The van der Waals surface area contributed by atoms with Crippen LogP contribution in [0.2, 0.25) is 0 Å². The van der Waals surface area contributed by atoms with E-state index in [2.05, 4.69) is 32.8 Å². The van der Waals surface area contributed by atoms with Crippen molar-refractivity contribution in [1.29, 1.82) is 5.26 Å². The van der Waals surface area contributed by atoms with E-state index in [1.54, 1.807) is 18.3 Å². The summed E-state index contributed by atoms with van der Waals surface area (Å²) in [6.07, 6.45) is 4.82. The van der Waals surface area contributed by atoms with Gasteiger partial charge in [-0.1, -0.05) is 18.7 Å². The van der Waals surface area contributed by atoms with E-state index in [1.807, 2.05) is 11.0 Å². The highest BCUT2D eigenvalue weighted by atomic mass is 32.1. The molecule has 7 rings (SSSR count). The number of halogens is 1. The second-order valence-corrected chi connectivity index (χ2v) is 13.3. The van der Waals surface area contributed by atoms with Gasteiger partial charge in [0.05, 0.1) is 50.0 Å². The van der Waals surface area contributed by atoms with Crippen molar-refractivity contribution in [2.75, 3.05) is 76.4 Å². The second kappa shape index (κ2) is 13.0. The number of amides is 1. The molecule has 1 aromatic carbocycles. The lowest BCUT2D eigenvalue weighted by Gasteiger charge is -2.30. The number of anilines is 2. The first kappa shape index (κ1) is 31.2. The molecule has 2 saturated heterocycles. The molecule has 1 saturated carbocycles. The van der Waals surface area contributed by atoms with Gasteiger partial charge in [-0.05, 0) is 25.0 Å². The van der Waals surface area contributed by atoms with Crippen LogP contribution in [-0.4, -0.2) is 97.6 Å². The molecule has 0 spiro atoms. The van der Waals surface area contributed by atoms with Crippen molar-refractivity contribution in [2.45, 2.75) is 18.9 Å². The Labute approximate surface area is 274 Å². The predicted molar refractivity (Wildman–Crippen MR) is 177 cm³/mol. The molecule has 0 radical (unpaired) electrons. The van der Waals surface area contributed by atoms with Crippen LogP contribution in [0.25, 0.3) is 32.2 Å². The minimum Gasteiger partial charge on any atom is -0.463 e. The van der Waals surface area contributed by atoms with Crippen LogP contribution in [-0.2, 0) is 14.3 Å². The monoisotopic (exact) mass is 658 g/mol. The number of thiophene rings is 1. The van der Waals surface area contributed by atoms with E-state index in [0.29, 0.717) is 65.6 Å². The molecule has 12 nitrogen and oxygen atoms in total. The van der Waals surface area contributed by atoms with Crippen molar-refractivity contribution < 1.29 is 23.4 Å². The van der Waals surface area contributed by atoms with Crippen LogP contribution in [0.3, 0.4) is 0 Å². The highest BCUT2D eigenvalue weighted by molar-refractivity contribution is 7.23. The van der Waals surface area contributed by atoms with Crippen LogP contribution in [0.1, 0.15) is 18.4 Å². The van der Waals surface area contributed by atoms with E-state index in [9.17, 15) is 10.1 Å². The van der Waals surface area contributed by atoms with Crippen molar-refractivity contribution >= 4 is 49.1 Å². The van der Waals surface area contributed by atoms with Gasteiger partial charge in [-0.15, -0.1) is 11.3 Å². The fourth-order valence-corrected chi connectivity index (χ4v) is 7.26. The third-order valence-electron chi connectivity index (χ3n) is 8.98. The zero-order chi connectivity index (χ0) is 32.5. The standard InChI is InChI=1S/C33H35FN8O4S/c1-2-25(43)38-20-16-42(10-13-45-17-20)31-23-15-37-28(21-4-3-5-24-26(21)22(14-35)30(36)47-24)27(34)29(23)39-32(40-31)46-19-33(6-7-33)18-41-8-11-44-12-9-41/h2-5,15,20H,1,6-13,16-19,36H2,(H,38,43). The molecule has 3 aromatic heterocycles. The number of carbonyl (C=O) groups excluding carboxylic acids is 1. The largest absolute Gasteiger partial charge is 0.463 e. The number of pyridine rings is 1. The smallest absolute Gasteiger partial charge is 0.319 e. The molecule has 1 amide bonds. The molecule has 1 aliphatic carbocycles.